The number of amides is 2. The zero-order valence-electron chi connectivity index (χ0n) is 15.1. The summed E-state index contributed by atoms with van der Waals surface area (Å²) in [6.07, 6.45) is 0.501. The maximum atomic E-state index is 12.4. The SMILES string of the molecule is CCOC(=O)C1=C(COC(=O)c2cc3ccccc3[nH]2)NC(=O)N[C@H]1CC. The fraction of sp³-hybridized carbons (Fsp3) is 0.316. The minimum Gasteiger partial charge on any atom is -0.463 e. The van der Waals surface area contributed by atoms with Crippen LogP contribution < -0.4 is 10.6 Å². The molecule has 0 spiro atoms. The third-order valence-corrected chi connectivity index (χ3v) is 4.24. The third kappa shape index (κ3) is 3.94. The molecule has 1 aromatic carbocycles. The van der Waals surface area contributed by atoms with Gasteiger partial charge in [-0.1, -0.05) is 25.1 Å². The predicted octanol–water partition coefficient (Wildman–Crippen LogP) is 2.23. The Bertz CT molecular complexity index is 882. The van der Waals surface area contributed by atoms with Crippen molar-refractivity contribution in [3.8, 4) is 0 Å². The largest absolute Gasteiger partial charge is 0.463 e. The first-order chi connectivity index (χ1) is 13.0. The Morgan fingerprint density at radius 3 is 2.59 bits per heavy atom. The Kier molecular flexibility index (Phi) is 5.44. The van der Waals surface area contributed by atoms with Gasteiger partial charge in [-0.2, -0.15) is 0 Å². The van der Waals surface area contributed by atoms with Gasteiger partial charge in [0.15, 0.2) is 0 Å². The van der Waals surface area contributed by atoms with E-state index >= 15 is 0 Å². The molecule has 0 saturated carbocycles. The maximum Gasteiger partial charge on any atom is 0.355 e. The fourth-order valence-corrected chi connectivity index (χ4v) is 2.97. The Labute approximate surface area is 155 Å². The summed E-state index contributed by atoms with van der Waals surface area (Å²) in [7, 11) is 0. The molecule has 142 valence electrons. The lowest BCUT2D eigenvalue weighted by Gasteiger charge is -2.28. The molecule has 27 heavy (non-hydrogen) atoms. The van der Waals surface area contributed by atoms with Crippen molar-refractivity contribution in [2.45, 2.75) is 26.3 Å². The molecule has 1 aliphatic rings. The molecule has 0 fully saturated rings. The molecule has 1 atom stereocenters. The molecule has 3 N–H and O–H groups in total. The summed E-state index contributed by atoms with van der Waals surface area (Å²) in [6, 6.07) is 8.20. The van der Waals surface area contributed by atoms with E-state index in [0.29, 0.717) is 12.1 Å². The normalized spacial score (nSPS) is 16.7. The topological polar surface area (TPSA) is 110 Å². The van der Waals surface area contributed by atoms with E-state index in [1.165, 1.54) is 0 Å². The Hall–Kier alpha value is -3.29. The molecule has 0 unspecified atom stereocenters. The van der Waals surface area contributed by atoms with E-state index in [1.54, 1.807) is 13.0 Å². The smallest absolute Gasteiger partial charge is 0.355 e. The van der Waals surface area contributed by atoms with E-state index in [-0.39, 0.29) is 24.5 Å². The quantitative estimate of drug-likeness (QED) is 0.675. The molecule has 8 nitrogen and oxygen atoms in total. The van der Waals surface area contributed by atoms with Crippen LogP contribution in [0.5, 0.6) is 0 Å². The number of urea groups is 1. The minimum atomic E-state index is -0.581. The first-order valence-electron chi connectivity index (χ1n) is 8.76. The van der Waals surface area contributed by atoms with E-state index in [1.807, 2.05) is 31.2 Å². The Balaban J connectivity index is 1.80. The van der Waals surface area contributed by atoms with Crippen LogP contribution in [0.3, 0.4) is 0 Å². The average Bonchev–Trinajstić information content (AvgIpc) is 3.10. The van der Waals surface area contributed by atoms with Crippen LogP contribution in [0.4, 0.5) is 4.79 Å². The lowest BCUT2D eigenvalue weighted by atomic mass is 10.0. The number of esters is 2. The van der Waals surface area contributed by atoms with Crippen LogP contribution in [-0.2, 0) is 14.3 Å². The van der Waals surface area contributed by atoms with Crippen LogP contribution in [0.2, 0.25) is 0 Å². The zero-order valence-corrected chi connectivity index (χ0v) is 15.1. The van der Waals surface area contributed by atoms with Crippen LogP contribution in [0.1, 0.15) is 30.8 Å². The van der Waals surface area contributed by atoms with Crippen molar-refractivity contribution in [1.29, 1.82) is 0 Å². The van der Waals surface area contributed by atoms with Crippen LogP contribution in [0.25, 0.3) is 10.9 Å². The van der Waals surface area contributed by atoms with E-state index in [2.05, 4.69) is 15.6 Å². The fourth-order valence-electron chi connectivity index (χ4n) is 2.97. The van der Waals surface area contributed by atoms with Crippen molar-refractivity contribution in [1.82, 2.24) is 15.6 Å². The number of carbonyl (C=O) groups is 3. The third-order valence-electron chi connectivity index (χ3n) is 4.24. The van der Waals surface area contributed by atoms with Gasteiger partial charge >= 0.3 is 18.0 Å². The molecule has 2 amide bonds. The number of aromatic amines is 1. The summed E-state index contributed by atoms with van der Waals surface area (Å²) in [5, 5.41) is 6.10. The van der Waals surface area contributed by atoms with Gasteiger partial charge in [0.1, 0.15) is 12.3 Å². The highest BCUT2D eigenvalue weighted by Gasteiger charge is 2.32. The highest BCUT2D eigenvalue weighted by atomic mass is 16.5. The molecule has 1 aliphatic heterocycles. The highest BCUT2D eigenvalue weighted by Crippen LogP contribution is 2.19. The van der Waals surface area contributed by atoms with E-state index in [0.717, 1.165) is 10.9 Å². The summed E-state index contributed by atoms with van der Waals surface area (Å²) in [5.41, 5.74) is 1.61. The van der Waals surface area contributed by atoms with Gasteiger partial charge in [-0.05, 0) is 25.5 Å². The second kappa shape index (κ2) is 7.94. The second-order valence-corrected chi connectivity index (χ2v) is 6.02. The second-order valence-electron chi connectivity index (χ2n) is 6.02. The zero-order chi connectivity index (χ0) is 19.4. The van der Waals surface area contributed by atoms with Crippen molar-refractivity contribution in [2.75, 3.05) is 13.2 Å². The summed E-state index contributed by atoms with van der Waals surface area (Å²) in [4.78, 5) is 39.5. The van der Waals surface area contributed by atoms with E-state index < -0.39 is 24.0 Å². The first-order valence-corrected chi connectivity index (χ1v) is 8.76. The number of hydrogen-bond acceptors (Lipinski definition) is 5. The molecule has 1 aromatic heterocycles. The van der Waals surface area contributed by atoms with E-state index in [9.17, 15) is 14.4 Å². The van der Waals surface area contributed by atoms with Gasteiger partial charge in [0, 0.05) is 10.9 Å². The van der Waals surface area contributed by atoms with Gasteiger partial charge in [0.25, 0.3) is 0 Å². The monoisotopic (exact) mass is 371 g/mol. The molecule has 2 heterocycles. The number of para-hydroxylation sites is 1. The number of H-pyrrole nitrogens is 1. The first kappa shape index (κ1) is 18.5. The van der Waals surface area contributed by atoms with Crippen LogP contribution in [-0.4, -0.2) is 42.2 Å². The van der Waals surface area contributed by atoms with Crippen LogP contribution in [0.15, 0.2) is 41.6 Å². The van der Waals surface area contributed by atoms with Gasteiger partial charge in [0.05, 0.1) is 23.9 Å². The minimum absolute atomic E-state index is 0.203. The van der Waals surface area contributed by atoms with Gasteiger partial charge in [-0.15, -0.1) is 0 Å². The Morgan fingerprint density at radius 1 is 1.11 bits per heavy atom. The molecule has 0 aliphatic carbocycles. The van der Waals surface area contributed by atoms with Crippen molar-refractivity contribution in [3.63, 3.8) is 0 Å². The Morgan fingerprint density at radius 2 is 1.89 bits per heavy atom. The summed E-state index contributed by atoms with van der Waals surface area (Å²) in [6.45, 7) is 3.49. The number of rotatable bonds is 6. The van der Waals surface area contributed by atoms with Gasteiger partial charge in [0.2, 0.25) is 0 Å². The average molecular weight is 371 g/mol. The number of carbonyl (C=O) groups excluding carboxylic acids is 3. The number of fused-ring (bicyclic) bond motifs is 1. The standard InChI is InChI=1S/C19H21N3O5/c1-3-12-16(18(24)26-4-2)15(22-19(25)21-12)10-27-17(23)14-9-11-7-5-6-8-13(11)20-14/h5-9,12,20H,3-4,10H2,1-2H3,(H2,21,22,25)/t12-/m0/s1. The summed E-state index contributed by atoms with van der Waals surface area (Å²) in [5.74, 6) is -1.13. The molecule has 0 bridgehead atoms. The van der Waals surface area contributed by atoms with E-state index in [4.69, 9.17) is 9.47 Å². The molecule has 2 aromatic rings. The number of benzene rings is 1. The molecular weight excluding hydrogens is 350 g/mol. The summed E-state index contributed by atoms with van der Waals surface area (Å²) < 4.78 is 10.4. The molecule has 3 rings (SSSR count). The van der Waals surface area contributed by atoms with Gasteiger partial charge in [-0.25, -0.2) is 14.4 Å². The molecule has 8 heteroatoms. The maximum absolute atomic E-state index is 12.4. The van der Waals surface area contributed by atoms with Gasteiger partial charge in [-0.3, -0.25) is 0 Å². The van der Waals surface area contributed by atoms with Crippen molar-refractivity contribution in [3.05, 3.63) is 47.3 Å². The van der Waals surface area contributed by atoms with Crippen LogP contribution >= 0.6 is 0 Å². The molecular formula is C19H21N3O5. The number of nitrogens with one attached hydrogen (secondary N) is 3. The lowest BCUT2D eigenvalue weighted by Crippen LogP contribution is -2.51. The van der Waals surface area contributed by atoms with Crippen molar-refractivity contribution < 1.29 is 23.9 Å². The lowest BCUT2D eigenvalue weighted by molar-refractivity contribution is -0.139. The number of hydrogen-bond donors (Lipinski definition) is 3. The molecule has 0 radical (unpaired) electrons. The number of aromatic nitrogens is 1. The predicted molar refractivity (Wildman–Crippen MR) is 98.0 cm³/mol. The van der Waals surface area contributed by atoms with Gasteiger partial charge < -0.3 is 25.1 Å². The highest BCUT2D eigenvalue weighted by molar-refractivity contribution is 5.96. The van der Waals surface area contributed by atoms with Crippen molar-refractivity contribution >= 4 is 28.9 Å². The molecule has 0 saturated heterocycles. The van der Waals surface area contributed by atoms with Crippen molar-refractivity contribution in [2.24, 2.45) is 0 Å². The van der Waals surface area contributed by atoms with Crippen LogP contribution in [0, 0.1) is 0 Å². The summed E-state index contributed by atoms with van der Waals surface area (Å²) >= 11 is 0. The number of ether oxygens (including phenoxy) is 2.